The summed E-state index contributed by atoms with van der Waals surface area (Å²) in [6, 6.07) is 0.0559. The molecule has 1 rings (SSSR count). The predicted octanol–water partition coefficient (Wildman–Crippen LogP) is -1.11. The Bertz CT molecular complexity index is 160. The van der Waals surface area contributed by atoms with Crippen LogP contribution in [-0.4, -0.2) is 36.0 Å². The van der Waals surface area contributed by atoms with E-state index in [9.17, 15) is 4.79 Å². The Labute approximate surface area is 66.5 Å². The third-order valence-electron chi connectivity index (χ3n) is 2.22. The fraction of sp³-hybridized carbons (Fsp3) is 0.857. The molecule has 0 aromatic carbocycles. The highest BCUT2D eigenvalue weighted by Gasteiger charge is 2.25. The fourth-order valence-electron chi connectivity index (χ4n) is 1.35. The molecule has 11 heavy (non-hydrogen) atoms. The van der Waals surface area contributed by atoms with Crippen molar-refractivity contribution in [2.45, 2.75) is 25.4 Å². The van der Waals surface area contributed by atoms with E-state index in [0.717, 1.165) is 19.5 Å². The van der Waals surface area contributed by atoms with Gasteiger partial charge in [-0.3, -0.25) is 9.69 Å². The molecule has 0 saturated carbocycles. The average Bonchev–Trinajstić information content (AvgIpc) is 2.34. The van der Waals surface area contributed by atoms with Gasteiger partial charge in [-0.2, -0.15) is 0 Å². The third kappa shape index (κ3) is 1.91. The molecule has 4 nitrogen and oxygen atoms in total. The Hall–Kier alpha value is -0.610. The topological polar surface area (TPSA) is 72.4 Å². The van der Waals surface area contributed by atoms with Crippen molar-refractivity contribution in [3.8, 4) is 0 Å². The van der Waals surface area contributed by atoms with Crippen molar-refractivity contribution < 1.29 is 4.79 Å². The number of likely N-dealkylation sites (tertiary alicyclic amines) is 1. The summed E-state index contributed by atoms with van der Waals surface area (Å²) < 4.78 is 0. The molecule has 0 bridgehead atoms. The summed E-state index contributed by atoms with van der Waals surface area (Å²) in [4.78, 5) is 12.8. The first-order valence-corrected chi connectivity index (χ1v) is 3.90. The van der Waals surface area contributed by atoms with Crippen LogP contribution in [0.1, 0.15) is 13.3 Å². The fourth-order valence-corrected chi connectivity index (χ4v) is 1.35. The standard InChI is InChI=1S/C7H15N3O/c1-5(7(9)11)10-3-2-6(8)4-10/h5-6H,2-4,8H2,1H3,(H2,9,11)/t5?,6-/m0/s1. The van der Waals surface area contributed by atoms with E-state index < -0.39 is 0 Å². The number of primary amides is 1. The van der Waals surface area contributed by atoms with E-state index in [1.807, 2.05) is 11.8 Å². The summed E-state index contributed by atoms with van der Waals surface area (Å²) in [5.41, 5.74) is 10.8. The summed E-state index contributed by atoms with van der Waals surface area (Å²) in [5, 5.41) is 0. The number of hydrogen-bond acceptors (Lipinski definition) is 3. The van der Waals surface area contributed by atoms with Crippen LogP contribution in [-0.2, 0) is 4.79 Å². The van der Waals surface area contributed by atoms with Crippen LogP contribution in [0.25, 0.3) is 0 Å². The van der Waals surface area contributed by atoms with Gasteiger partial charge in [0, 0.05) is 19.1 Å². The molecular weight excluding hydrogens is 142 g/mol. The Kier molecular flexibility index (Phi) is 2.46. The van der Waals surface area contributed by atoms with Gasteiger partial charge in [0.15, 0.2) is 0 Å². The molecule has 1 aliphatic heterocycles. The van der Waals surface area contributed by atoms with E-state index in [-0.39, 0.29) is 18.0 Å². The lowest BCUT2D eigenvalue weighted by Crippen LogP contribution is -2.42. The molecule has 4 heteroatoms. The van der Waals surface area contributed by atoms with Crippen molar-refractivity contribution in [1.82, 2.24) is 4.90 Å². The van der Waals surface area contributed by atoms with Crippen molar-refractivity contribution in [2.24, 2.45) is 11.5 Å². The van der Waals surface area contributed by atoms with Gasteiger partial charge in [-0.05, 0) is 13.3 Å². The number of rotatable bonds is 2. The van der Waals surface area contributed by atoms with E-state index in [0.29, 0.717) is 0 Å². The average molecular weight is 157 g/mol. The van der Waals surface area contributed by atoms with E-state index in [1.165, 1.54) is 0 Å². The van der Waals surface area contributed by atoms with Gasteiger partial charge in [-0.15, -0.1) is 0 Å². The number of carbonyl (C=O) groups excluding carboxylic acids is 1. The smallest absolute Gasteiger partial charge is 0.234 e. The van der Waals surface area contributed by atoms with Crippen LogP contribution in [0.2, 0.25) is 0 Å². The zero-order chi connectivity index (χ0) is 8.43. The van der Waals surface area contributed by atoms with E-state index in [4.69, 9.17) is 11.5 Å². The molecule has 64 valence electrons. The molecule has 0 aliphatic carbocycles. The van der Waals surface area contributed by atoms with Crippen molar-refractivity contribution in [3.05, 3.63) is 0 Å². The van der Waals surface area contributed by atoms with Gasteiger partial charge in [0.25, 0.3) is 0 Å². The second-order valence-electron chi connectivity index (χ2n) is 3.12. The second kappa shape index (κ2) is 3.19. The number of amides is 1. The molecule has 0 radical (unpaired) electrons. The van der Waals surface area contributed by atoms with Crippen molar-refractivity contribution in [1.29, 1.82) is 0 Å². The Morgan fingerprint density at radius 3 is 2.73 bits per heavy atom. The van der Waals surface area contributed by atoms with Crippen molar-refractivity contribution in [2.75, 3.05) is 13.1 Å². The first-order chi connectivity index (χ1) is 5.11. The van der Waals surface area contributed by atoms with Gasteiger partial charge in [0.2, 0.25) is 5.91 Å². The number of carbonyl (C=O) groups is 1. The quantitative estimate of drug-likeness (QED) is 0.534. The van der Waals surface area contributed by atoms with Gasteiger partial charge in [-0.1, -0.05) is 0 Å². The lowest BCUT2D eigenvalue weighted by molar-refractivity contribution is -0.122. The monoisotopic (exact) mass is 157 g/mol. The van der Waals surface area contributed by atoms with Gasteiger partial charge >= 0.3 is 0 Å². The summed E-state index contributed by atoms with van der Waals surface area (Å²) in [7, 11) is 0. The SMILES string of the molecule is CC(C(N)=O)N1CC[C@H](N)C1. The Morgan fingerprint density at radius 1 is 1.73 bits per heavy atom. The van der Waals surface area contributed by atoms with E-state index >= 15 is 0 Å². The third-order valence-corrected chi connectivity index (χ3v) is 2.22. The molecule has 4 N–H and O–H groups in total. The zero-order valence-corrected chi connectivity index (χ0v) is 6.79. The van der Waals surface area contributed by atoms with Gasteiger partial charge in [0.05, 0.1) is 6.04 Å². The molecule has 0 aromatic rings. The molecule has 1 heterocycles. The summed E-state index contributed by atoms with van der Waals surface area (Å²) in [6.07, 6.45) is 0.970. The molecule has 2 atom stereocenters. The van der Waals surface area contributed by atoms with E-state index in [2.05, 4.69) is 0 Å². The van der Waals surface area contributed by atoms with Gasteiger partial charge in [-0.25, -0.2) is 0 Å². The van der Waals surface area contributed by atoms with Crippen LogP contribution >= 0.6 is 0 Å². The largest absolute Gasteiger partial charge is 0.368 e. The normalized spacial score (nSPS) is 28.7. The zero-order valence-electron chi connectivity index (χ0n) is 6.79. The van der Waals surface area contributed by atoms with E-state index in [1.54, 1.807) is 0 Å². The van der Waals surface area contributed by atoms with Crippen LogP contribution in [0.5, 0.6) is 0 Å². The van der Waals surface area contributed by atoms with Crippen LogP contribution in [0.15, 0.2) is 0 Å². The van der Waals surface area contributed by atoms with Gasteiger partial charge in [0.1, 0.15) is 0 Å². The lowest BCUT2D eigenvalue weighted by atomic mass is 10.3. The molecule has 1 saturated heterocycles. The molecule has 1 amide bonds. The minimum Gasteiger partial charge on any atom is -0.368 e. The van der Waals surface area contributed by atoms with Crippen molar-refractivity contribution >= 4 is 5.91 Å². The molecular formula is C7H15N3O. The number of nitrogens with two attached hydrogens (primary N) is 2. The Balaban J connectivity index is 2.43. The maximum Gasteiger partial charge on any atom is 0.234 e. The predicted molar refractivity (Wildman–Crippen MR) is 42.8 cm³/mol. The first kappa shape index (κ1) is 8.49. The molecule has 0 aromatic heterocycles. The Morgan fingerprint density at radius 2 is 2.36 bits per heavy atom. The van der Waals surface area contributed by atoms with Crippen LogP contribution < -0.4 is 11.5 Å². The first-order valence-electron chi connectivity index (χ1n) is 3.90. The highest BCUT2D eigenvalue weighted by molar-refractivity contribution is 5.79. The maximum atomic E-state index is 10.7. The van der Waals surface area contributed by atoms with Gasteiger partial charge < -0.3 is 11.5 Å². The molecule has 1 unspecified atom stereocenters. The lowest BCUT2D eigenvalue weighted by Gasteiger charge is -2.20. The summed E-state index contributed by atoms with van der Waals surface area (Å²) >= 11 is 0. The van der Waals surface area contributed by atoms with Crippen molar-refractivity contribution in [3.63, 3.8) is 0 Å². The minimum atomic E-state index is -0.265. The van der Waals surface area contributed by atoms with Crippen LogP contribution in [0.4, 0.5) is 0 Å². The molecule has 1 aliphatic rings. The summed E-state index contributed by atoms with van der Waals surface area (Å²) in [5.74, 6) is -0.265. The number of nitrogens with zero attached hydrogens (tertiary/aromatic N) is 1. The highest BCUT2D eigenvalue weighted by atomic mass is 16.1. The molecule has 0 spiro atoms. The van der Waals surface area contributed by atoms with Crippen LogP contribution in [0.3, 0.4) is 0 Å². The van der Waals surface area contributed by atoms with Crippen LogP contribution in [0, 0.1) is 0 Å². The summed E-state index contributed by atoms with van der Waals surface area (Å²) in [6.45, 7) is 3.51. The highest BCUT2D eigenvalue weighted by Crippen LogP contribution is 2.10. The maximum absolute atomic E-state index is 10.7. The minimum absolute atomic E-state index is 0.163. The molecule has 1 fully saturated rings. The number of hydrogen-bond donors (Lipinski definition) is 2. The second-order valence-corrected chi connectivity index (χ2v) is 3.12.